The zero-order chi connectivity index (χ0) is 10.9. The molecule has 0 aliphatic heterocycles. The molecule has 3 rings (SSSR count). The van der Waals surface area contributed by atoms with Gasteiger partial charge in [-0.25, -0.2) is 0 Å². The van der Waals surface area contributed by atoms with Gasteiger partial charge in [0.1, 0.15) is 0 Å². The third-order valence-electron chi connectivity index (χ3n) is 6.60. The van der Waals surface area contributed by atoms with Crippen molar-refractivity contribution in [2.24, 2.45) is 22.2 Å². The van der Waals surface area contributed by atoms with Crippen LogP contribution in [0.2, 0.25) is 0 Å². The summed E-state index contributed by atoms with van der Waals surface area (Å²) in [5.41, 5.74) is 3.40. The van der Waals surface area contributed by atoms with Crippen molar-refractivity contribution in [3.8, 4) is 0 Å². The Kier molecular flexibility index (Phi) is 1.67. The highest BCUT2D eigenvalue weighted by atomic mass is 14.7. The standard InChI is InChI=1S/C15H24/c1-11-6-9-14(4)12(2)10-13(3)7-5-8-15(11,13)14/h10-11H,5-9H2,1-4H3/t11-,13+,14+,15-/m1/s1. The van der Waals surface area contributed by atoms with Crippen molar-refractivity contribution in [2.75, 3.05) is 0 Å². The minimum Gasteiger partial charge on any atom is -0.0785 e. The zero-order valence-electron chi connectivity index (χ0n) is 10.7. The van der Waals surface area contributed by atoms with E-state index in [0.717, 1.165) is 5.92 Å². The Morgan fingerprint density at radius 2 is 1.93 bits per heavy atom. The van der Waals surface area contributed by atoms with Crippen LogP contribution in [0.4, 0.5) is 0 Å². The topological polar surface area (TPSA) is 0 Å². The summed E-state index contributed by atoms with van der Waals surface area (Å²) in [7, 11) is 0. The second-order valence-electron chi connectivity index (χ2n) is 6.84. The van der Waals surface area contributed by atoms with E-state index in [-0.39, 0.29) is 0 Å². The number of rotatable bonds is 0. The van der Waals surface area contributed by atoms with E-state index < -0.39 is 0 Å². The second kappa shape index (κ2) is 2.52. The highest BCUT2D eigenvalue weighted by Gasteiger charge is 2.68. The lowest BCUT2D eigenvalue weighted by Crippen LogP contribution is -2.42. The Bertz CT molecular complexity index is 340. The van der Waals surface area contributed by atoms with Gasteiger partial charge in [0.05, 0.1) is 0 Å². The molecule has 1 spiro atoms. The van der Waals surface area contributed by atoms with Gasteiger partial charge in [0.25, 0.3) is 0 Å². The Balaban J connectivity index is 2.22. The van der Waals surface area contributed by atoms with Crippen LogP contribution in [-0.2, 0) is 0 Å². The molecule has 2 fully saturated rings. The third kappa shape index (κ3) is 0.797. The van der Waals surface area contributed by atoms with Gasteiger partial charge in [-0.2, -0.15) is 0 Å². The van der Waals surface area contributed by atoms with E-state index in [0.29, 0.717) is 16.2 Å². The van der Waals surface area contributed by atoms with E-state index in [2.05, 4.69) is 33.8 Å². The molecule has 0 amide bonds. The predicted octanol–water partition coefficient (Wildman–Crippen LogP) is 4.56. The Hall–Kier alpha value is -0.260. The van der Waals surface area contributed by atoms with E-state index in [4.69, 9.17) is 0 Å². The minimum absolute atomic E-state index is 0.530. The van der Waals surface area contributed by atoms with Crippen LogP contribution in [0.25, 0.3) is 0 Å². The lowest BCUT2D eigenvalue weighted by atomic mass is 9.55. The average Bonchev–Trinajstić information content (AvgIpc) is 2.67. The monoisotopic (exact) mass is 204 g/mol. The normalized spacial score (nSPS) is 57.9. The molecule has 0 aromatic heterocycles. The van der Waals surface area contributed by atoms with Crippen LogP contribution in [0.15, 0.2) is 11.6 Å². The molecule has 3 aliphatic carbocycles. The van der Waals surface area contributed by atoms with Crippen molar-refractivity contribution in [1.82, 2.24) is 0 Å². The molecule has 0 nitrogen and oxygen atoms in total. The molecule has 0 aromatic rings. The van der Waals surface area contributed by atoms with Crippen molar-refractivity contribution >= 4 is 0 Å². The Labute approximate surface area is 94.1 Å². The molecule has 4 atom stereocenters. The molecule has 0 heteroatoms. The summed E-state index contributed by atoms with van der Waals surface area (Å²) in [6, 6.07) is 0. The molecule has 0 aromatic carbocycles. The maximum absolute atomic E-state index is 2.65. The van der Waals surface area contributed by atoms with Crippen LogP contribution in [0.1, 0.15) is 59.8 Å². The molecule has 2 saturated carbocycles. The van der Waals surface area contributed by atoms with Crippen LogP contribution in [0, 0.1) is 22.2 Å². The largest absolute Gasteiger partial charge is 0.0785 e. The van der Waals surface area contributed by atoms with Crippen molar-refractivity contribution in [1.29, 1.82) is 0 Å². The molecule has 0 radical (unpaired) electrons. The summed E-state index contributed by atoms with van der Waals surface area (Å²) in [5, 5.41) is 0. The molecule has 0 unspecified atom stereocenters. The van der Waals surface area contributed by atoms with Crippen molar-refractivity contribution in [3.05, 3.63) is 11.6 Å². The minimum atomic E-state index is 0.530. The van der Waals surface area contributed by atoms with E-state index in [1.807, 2.05) is 0 Å². The molecule has 3 aliphatic rings. The van der Waals surface area contributed by atoms with Gasteiger partial charge in [0.2, 0.25) is 0 Å². The Morgan fingerprint density at radius 3 is 2.67 bits per heavy atom. The van der Waals surface area contributed by atoms with E-state index >= 15 is 0 Å². The lowest BCUT2D eigenvalue weighted by Gasteiger charge is -2.48. The fraction of sp³-hybridized carbons (Fsp3) is 0.867. The highest BCUT2D eigenvalue weighted by Crippen LogP contribution is 2.77. The molecule has 0 heterocycles. The summed E-state index contributed by atoms with van der Waals surface area (Å²) in [5.74, 6) is 0.934. The first-order valence-electron chi connectivity index (χ1n) is 6.66. The first kappa shape index (κ1) is 9.93. The van der Waals surface area contributed by atoms with Crippen molar-refractivity contribution in [3.63, 3.8) is 0 Å². The summed E-state index contributed by atoms with van der Waals surface area (Å²) in [4.78, 5) is 0. The van der Waals surface area contributed by atoms with Crippen LogP contribution in [0.3, 0.4) is 0 Å². The molecule has 0 bridgehead atoms. The van der Waals surface area contributed by atoms with Gasteiger partial charge in [-0.3, -0.25) is 0 Å². The van der Waals surface area contributed by atoms with Gasteiger partial charge >= 0.3 is 0 Å². The fourth-order valence-electron chi connectivity index (χ4n) is 5.86. The predicted molar refractivity (Wildman–Crippen MR) is 64.7 cm³/mol. The van der Waals surface area contributed by atoms with Crippen LogP contribution in [-0.4, -0.2) is 0 Å². The van der Waals surface area contributed by atoms with Crippen LogP contribution in [0.5, 0.6) is 0 Å². The SMILES string of the molecule is CC1=C[C@]2(C)CCC[C@@]23[C@H](C)CC[C@@]13C. The molecule has 15 heavy (non-hydrogen) atoms. The molecule has 0 saturated heterocycles. The van der Waals surface area contributed by atoms with Crippen LogP contribution < -0.4 is 0 Å². The van der Waals surface area contributed by atoms with Gasteiger partial charge in [0, 0.05) is 0 Å². The molecular formula is C15H24. The lowest BCUT2D eigenvalue weighted by molar-refractivity contribution is 0.0228. The number of allylic oxidation sites excluding steroid dienone is 2. The Morgan fingerprint density at radius 1 is 1.20 bits per heavy atom. The second-order valence-corrected chi connectivity index (χ2v) is 6.84. The van der Waals surface area contributed by atoms with Gasteiger partial charge in [-0.1, -0.05) is 38.8 Å². The highest BCUT2D eigenvalue weighted by molar-refractivity contribution is 5.36. The zero-order valence-corrected chi connectivity index (χ0v) is 10.7. The quantitative estimate of drug-likeness (QED) is 0.507. The summed E-state index contributed by atoms with van der Waals surface area (Å²) < 4.78 is 0. The smallest absolute Gasteiger partial charge is 0.00517 e. The number of hydrogen-bond acceptors (Lipinski definition) is 0. The van der Waals surface area contributed by atoms with Gasteiger partial charge in [-0.15, -0.1) is 0 Å². The van der Waals surface area contributed by atoms with Gasteiger partial charge < -0.3 is 0 Å². The third-order valence-corrected chi connectivity index (χ3v) is 6.60. The summed E-state index contributed by atoms with van der Waals surface area (Å²) in [6.45, 7) is 10.0. The van der Waals surface area contributed by atoms with Crippen molar-refractivity contribution in [2.45, 2.75) is 59.8 Å². The molecule has 84 valence electrons. The molecular weight excluding hydrogens is 180 g/mol. The average molecular weight is 204 g/mol. The maximum Gasteiger partial charge on any atom is -0.00517 e. The fourth-order valence-corrected chi connectivity index (χ4v) is 5.86. The van der Waals surface area contributed by atoms with Gasteiger partial charge in [-0.05, 0) is 54.8 Å². The molecule has 0 N–H and O–H groups in total. The van der Waals surface area contributed by atoms with E-state index in [9.17, 15) is 0 Å². The summed E-state index contributed by atoms with van der Waals surface area (Å²) in [6.07, 6.45) is 9.92. The number of hydrogen-bond donors (Lipinski definition) is 0. The van der Waals surface area contributed by atoms with E-state index in [1.54, 1.807) is 5.57 Å². The van der Waals surface area contributed by atoms with Crippen molar-refractivity contribution < 1.29 is 0 Å². The first-order chi connectivity index (χ1) is 6.96. The van der Waals surface area contributed by atoms with Gasteiger partial charge in [0.15, 0.2) is 0 Å². The summed E-state index contributed by atoms with van der Waals surface area (Å²) >= 11 is 0. The van der Waals surface area contributed by atoms with E-state index in [1.165, 1.54) is 32.1 Å². The van der Waals surface area contributed by atoms with Crippen LogP contribution >= 0.6 is 0 Å². The first-order valence-corrected chi connectivity index (χ1v) is 6.66. The maximum atomic E-state index is 2.65.